The summed E-state index contributed by atoms with van der Waals surface area (Å²) in [5.41, 5.74) is 4.14. The maximum atomic E-state index is 13.2. The van der Waals surface area contributed by atoms with Crippen LogP contribution >= 0.6 is 0 Å². The second kappa shape index (κ2) is 5.92. The number of amides is 1. The number of nitrogens with one attached hydrogen (secondary N) is 1. The number of aromatic amines is 1. The SMILES string of the molecule is NCN(C(=O)O)C1(c2nc3ccccc3[nH]2)C=CC=C(C(F)(F)F)C1. The normalized spacial score (nSPS) is 20.6. The third-order valence-corrected chi connectivity index (χ3v) is 4.19. The molecule has 1 aliphatic carbocycles. The standard InChI is InChI=1S/C16H15F3N4O2/c17-16(18,19)10-4-3-7-15(8-10,23(9-20)14(24)25)13-21-11-5-1-2-6-12(11)22-13/h1-7H,8-9,20H2,(H,21,22)(H,24,25). The van der Waals surface area contributed by atoms with E-state index in [0.717, 1.165) is 11.0 Å². The van der Waals surface area contributed by atoms with Crippen LogP contribution in [-0.4, -0.2) is 38.9 Å². The molecule has 1 atom stereocenters. The molecule has 0 saturated heterocycles. The summed E-state index contributed by atoms with van der Waals surface area (Å²) in [7, 11) is 0. The Morgan fingerprint density at radius 3 is 2.72 bits per heavy atom. The van der Waals surface area contributed by atoms with Gasteiger partial charge in [-0.3, -0.25) is 4.90 Å². The van der Waals surface area contributed by atoms with Crippen LogP contribution in [0.4, 0.5) is 18.0 Å². The van der Waals surface area contributed by atoms with Gasteiger partial charge in [0, 0.05) is 12.0 Å². The Bertz CT molecular complexity index is 839. The summed E-state index contributed by atoms with van der Waals surface area (Å²) in [5.74, 6) is 0.0904. The van der Waals surface area contributed by atoms with Crippen molar-refractivity contribution in [1.29, 1.82) is 0 Å². The van der Waals surface area contributed by atoms with Crippen LogP contribution in [0, 0.1) is 0 Å². The fourth-order valence-corrected chi connectivity index (χ4v) is 2.97. The van der Waals surface area contributed by atoms with E-state index in [-0.39, 0.29) is 5.82 Å². The molecule has 1 aromatic carbocycles. The van der Waals surface area contributed by atoms with Gasteiger partial charge >= 0.3 is 12.3 Å². The Kier molecular flexibility index (Phi) is 4.03. The van der Waals surface area contributed by atoms with Gasteiger partial charge in [-0.2, -0.15) is 13.2 Å². The van der Waals surface area contributed by atoms with E-state index in [1.807, 2.05) is 0 Å². The number of rotatable bonds is 3. The molecule has 1 aliphatic rings. The Hall–Kier alpha value is -2.81. The van der Waals surface area contributed by atoms with E-state index in [9.17, 15) is 23.1 Å². The fourth-order valence-electron chi connectivity index (χ4n) is 2.97. The van der Waals surface area contributed by atoms with Crippen LogP contribution in [0.15, 0.2) is 48.1 Å². The summed E-state index contributed by atoms with van der Waals surface area (Å²) in [6.07, 6.45) is -3.14. The number of nitrogens with two attached hydrogens (primary N) is 1. The average molecular weight is 352 g/mol. The van der Waals surface area contributed by atoms with E-state index >= 15 is 0 Å². The monoisotopic (exact) mass is 352 g/mol. The molecule has 2 aromatic rings. The van der Waals surface area contributed by atoms with E-state index in [1.165, 1.54) is 12.2 Å². The van der Waals surface area contributed by atoms with Crippen molar-refractivity contribution in [3.05, 3.63) is 53.9 Å². The Labute approximate surface area is 140 Å². The van der Waals surface area contributed by atoms with Gasteiger partial charge in [-0.15, -0.1) is 0 Å². The van der Waals surface area contributed by atoms with Crippen LogP contribution in [0.2, 0.25) is 0 Å². The third kappa shape index (κ3) is 2.86. The fraction of sp³-hybridized carbons (Fsp3) is 0.250. The van der Waals surface area contributed by atoms with Crippen LogP contribution in [0.3, 0.4) is 0 Å². The van der Waals surface area contributed by atoms with Gasteiger partial charge in [0.05, 0.1) is 17.7 Å². The minimum atomic E-state index is -4.58. The Morgan fingerprint density at radius 1 is 1.40 bits per heavy atom. The minimum Gasteiger partial charge on any atom is -0.465 e. The second-order valence-corrected chi connectivity index (χ2v) is 5.65. The molecule has 6 nitrogen and oxygen atoms in total. The van der Waals surface area contributed by atoms with Gasteiger partial charge in [-0.25, -0.2) is 9.78 Å². The molecule has 1 heterocycles. The average Bonchev–Trinajstić information content (AvgIpc) is 2.99. The van der Waals surface area contributed by atoms with Crippen molar-refractivity contribution < 1.29 is 23.1 Å². The molecule has 25 heavy (non-hydrogen) atoms. The molecule has 0 aliphatic heterocycles. The molecule has 0 fully saturated rings. The number of benzene rings is 1. The highest BCUT2D eigenvalue weighted by molar-refractivity contribution is 5.76. The van der Waals surface area contributed by atoms with Crippen LogP contribution in [0.25, 0.3) is 11.0 Å². The predicted molar refractivity (Wildman–Crippen MR) is 84.6 cm³/mol. The van der Waals surface area contributed by atoms with Gasteiger partial charge < -0.3 is 15.8 Å². The molecule has 0 saturated carbocycles. The second-order valence-electron chi connectivity index (χ2n) is 5.65. The smallest absolute Gasteiger partial charge is 0.412 e. The number of H-pyrrole nitrogens is 1. The van der Waals surface area contributed by atoms with Gasteiger partial charge in [0.2, 0.25) is 0 Å². The van der Waals surface area contributed by atoms with Crippen LogP contribution in [-0.2, 0) is 5.54 Å². The molecule has 1 amide bonds. The van der Waals surface area contributed by atoms with E-state index in [2.05, 4.69) is 9.97 Å². The number of imidazole rings is 1. The zero-order valence-corrected chi connectivity index (χ0v) is 12.9. The summed E-state index contributed by atoms with van der Waals surface area (Å²) < 4.78 is 39.7. The number of carbonyl (C=O) groups is 1. The summed E-state index contributed by atoms with van der Waals surface area (Å²) >= 11 is 0. The summed E-state index contributed by atoms with van der Waals surface area (Å²) in [6, 6.07) is 6.87. The van der Waals surface area contributed by atoms with Gasteiger partial charge in [0.15, 0.2) is 0 Å². The molecule has 0 spiro atoms. The number of carboxylic acid groups (broad SMARTS) is 1. The van der Waals surface area contributed by atoms with Gasteiger partial charge in [0.1, 0.15) is 11.4 Å². The highest BCUT2D eigenvalue weighted by atomic mass is 19.4. The summed E-state index contributed by atoms with van der Waals surface area (Å²) in [4.78, 5) is 19.6. The number of alkyl halides is 3. The first kappa shape index (κ1) is 17.0. The highest BCUT2D eigenvalue weighted by Crippen LogP contribution is 2.43. The summed E-state index contributed by atoms with van der Waals surface area (Å²) in [5, 5.41) is 9.49. The van der Waals surface area contributed by atoms with Crippen molar-refractivity contribution in [3.63, 3.8) is 0 Å². The van der Waals surface area contributed by atoms with E-state index < -0.39 is 36.5 Å². The zero-order valence-electron chi connectivity index (χ0n) is 12.9. The number of hydrogen-bond donors (Lipinski definition) is 3. The molecule has 1 aromatic heterocycles. The van der Waals surface area contributed by atoms with Gasteiger partial charge in [-0.1, -0.05) is 30.4 Å². The molecule has 132 valence electrons. The Morgan fingerprint density at radius 2 is 2.12 bits per heavy atom. The van der Waals surface area contributed by atoms with Crippen molar-refractivity contribution in [2.45, 2.75) is 18.1 Å². The number of hydrogen-bond acceptors (Lipinski definition) is 3. The third-order valence-electron chi connectivity index (χ3n) is 4.19. The highest BCUT2D eigenvalue weighted by Gasteiger charge is 2.48. The van der Waals surface area contributed by atoms with Crippen LogP contribution in [0.5, 0.6) is 0 Å². The zero-order chi connectivity index (χ0) is 18.2. The minimum absolute atomic E-state index is 0.0904. The molecular weight excluding hydrogens is 337 g/mol. The lowest BCUT2D eigenvalue weighted by Gasteiger charge is -2.40. The first-order chi connectivity index (χ1) is 11.8. The molecule has 4 N–H and O–H groups in total. The number of aromatic nitrogens is 2. The van der Waals surface area contributed by atoms with Crippen molar-refractivity contribution in [2.75, 3.05) is 6.67 Å². The van der Waals surface area contributed by atoms with E-state index in [1.54, 1.807) is 24.3 Å². The van der Waals surface area contributed by atoms with Crippen molar-refractivity contribution >= 4 is 17.1 Å². The predicted octanol–water partition coefficient (Wildman–Crippen LogP) is 3.10. The molecule has 9 heteroatoms. The van der Waals surface area contributed by atoms with Crippen LogP contribution in [0.1, 0.15) is 12.2 Å². The van der Waals surface area contributed by atoms with Crippen molar-refractivity contribution in [2.24, 2.45) is 5.73 Å². The Balaban J connectivity index is 2.18. The number of para-hydroxylation sites is 2. The molecule has 3 rings (SSSR count). The number of allylic oxidation sites excluding steroid dienone is 2. The summed E-state index contributed by atoms with van der Waals surface area (Å²) in [6.45, 7) is -0.484. The number of nitrogens with zero attached hydrogens (tertiary/aromatic N) is 2. The maximum absolute atomic E-state index is 13.2. The topological polar surface area (TPSA) is 95.2 Å². The largest absolute Gasteiger partial charge is 0.465 e. The number of halogens is 3. The molecule has 0 radical (unpaired) electrons. The number of fused-ring (bicyclic) bond motifs is 1. The lowest BCUT2D eigenvalue weighted by Crippen LogP contribution is -2.52. The maximum Gasteiger partial charge on any atom is 0.412 e. The molecule has 1 unspecified atom stereocenters. The van der Waals surface area contributed by atoms with E-state index in [0.29, 0.717) is 11.0 Å². The first-order valence-corrected chi connectivity index (χ1v) is 7.39. The van der Waals surface area contributed by atoms with Crippen molar-refractivity contribution in [3.8, 4) is 0 Å². The lowest BCUT2D eigenvalue weighted by atomic mass is 9.84. The van der Waals surface area contributed by atoms with E-state index in [4.69, 9.17) is 5.73 Å². The van der Waals surface area contributed by atoms with Crippen molar-refractivity contribution in [1.82, 2.24) is 14.9 Å². The van der Waals surface area contributed by atoms with Gasteiger partial charge in [0.25, 0.3) is 0 Å². The lowest BCUT2D eigenvalue weighted by molar-refractivity contribution is -0.0980. The van der Waals surface area contributed by atoms with Gasteiger partial charge in [-0.05, 0) is 12.1 Å². The molecular formula is C16H15F3N4O2. The quantitative estimate of drug-likeness (QED) is 0.740. The first-order valence-electron chi connectivity index (χ1n) is 7.39. The molecule has 0 bridgehead atoms. The van der Waals surface area contributed by atoms with Crippen LogP contribution < -0.4 is 5.73 Å².